The first kappa shape index (κ1) is 42.4. The Kier molecular flexibility index (Phi) is 27.1. The highest BCUT2D eigenvalue weighted by molar-refractivity contribution is 5.03. The van der Waals surface area contributed by atoms with Crippen LogP contribution in [0.4, 0.5) is 0 Å². The van der Waals surface area contributed by atoms with E-state index in [1.165, 1.54) is 191 Å². The normalized spacial score (nSPS) is 21.0. The first-order valence-electron chi connectivity index (χ1n) is 21.5. The monoisotopic (exact) mass is 659 g/mol. The summed E-state index contributed by atoms with van der Waals surface area (Å²) in [4.78, 5) is 0. The minimum absolute atomic E-state index is 0.590. The topological polar surface area (TPSA) is 27.7 Å². The van der Waals surface area contributed by atoms with Crippen molar-refractivity contribution in [1.29, 1.82) is 0 Å². The van der Waals surface area contributed by atoms with Crippen LogP contribution in [0.5, 0.6) is 0 Å². The van der Waals surface area contributed by atoms with Crippen LogP contribution in [-0.2, 0) is 14.2 Å². The van der Waals surface area contributed by atoms with E-state index in [2.05, 4.69) is 39.8 Å². The van der Waals surface area contributed by atoms with Gasteiger partial charge in [0.05, 0.1) is 23.7 Å². The Morgan fingerprint density at radius 1 is 0.447 bits per heavy atom. The minimum Gasteiger partial charge on any atom is -0.467 e. The van der Waals surface area contributed by atoms with Crippen molar-refractivity contribution in [3.05, 3.63) is 23.7 Å². The van der Waals surface area contributed by atoms with Crippen LogP contribution in [0.15, 0.2) is 23.7 Å². The SMILES string of the molecule is CCCCCCCCC(=CCCCCCCCC1CC1OCC)OC(=CCCCCCCCC1CC1OCC)CCCCCCCC. The van der Waals surface area contributed by atoms with Crippen molar-refractivity contribution in [2.75, 3.05) is 13.2 Å². The van der Waals surface area contributed by atoms with Crippen molar-refractivity contribution >= 4 is 0 Å². The quantitative estimate of drug-likeness (QED) is 0.0495. The molecule has 2 aliphatic rings. The van der Waals surface area contributed by atoms with Gasteiger partial charge in [0.2, 0.25) is 0 Å². The van der Waals surface area contributed by atoms with Crippen molar-refractivity contribution < 1.29 is 14.2 Å². The molecule has 2 fully saturated rings. The van der Waals surface area contributed by atoms with Gasteiger partial charge in [-0.2, -0.15) is 0 Å². The molecule has 0 aromatic heterocycles. The molecule has 0 aliphatic heterocycles. The van der Waals surface area contributed by atoms with Crippen LogP contribution in [0.25, 0.3) is 0 Å². The Balaban J connectivity index is 1.75. The number of rotatable bonds is 36. The lowest BCUT2D eigenvalue weighted by atomic mass is 10.1. The first-order valence-corrected chi connectivity index (χ1v) is 21.5. The molecule has 0 spiro atoms. The van der Waals surface area contributed by atoms with E-state index in [4.69, 9.17) is 14.2 Å². The second kappa shape index (κ2) is 30.1. The predicted octanol–water partition coefficient (Wildman–Crippen LogP) is 14.6. The molecule has 0 saturated heterocycles. The third-order valence-corrected chi connectivity index (χ3v) is 10.6. The Hall–Kier alpha value is -0.800. The number of hydrogen-bond donors (Lipinski definition) is 0. The zero-order chi connectivity index (χ0) is 33.6. The molecule has 276 valence electrons. The summed E-state index contributed by atoms with van der Waals surface area (Å²) in [6, 6.07) is 0. The average Bonchev–Trinajstić information content (AvgIpc) is 4.00. The number of hydrogen-bond acceptors (Lipinski definition) is 3. The molecular weight excluding hydrogens is 576 g/mol. The first-order chi connectivity index (χ1) is 23.2. The molecule has 3 nitrogen and oxygen atoms in total. The maximum absolute atomic E-state index is 6.82. The van der Waals surface area contributed by atoms with Gasteiger partial charge >= 0.3 is 0 Å². The molecule has 2 rings (SSSR count). The fourth-order valence-electron chi connectivity index (χ4n) is 7.29. The maximum Gasteiger partial charge on any atom is 0.0996 e. The van der Waals surface area contributed by atoms with Crippen molar-refractivity contribution in [1.82, 2.24) is 0 Å². The fourth-order valence-corrected chi connectivity index (χ4v) is 7.29. The lowest BCUT2D eigenvalue weighted by Crippen LogP contribution is -1.97. The Morgan fingerprint density at radius 3 is 1.21 bits per heavy atom. The molecule has 47 heavy (non-hydrogen) atoms. The fraction of sp³-hybridized carbons (Fsp3) is 0.909. The van der Waals surface area contributed by atoms with Crippen LogP contribution in [-0.4, -0.2) is 25.4 Å². The zero-order valence-corrected chi connectivity index (χ0v) is 32.3. The van der Waals surface area contributed by atoms with Gasteiger partial charge in [0.15, 0.2) is 0 Å². The second-order valence-electron chi connectivity index (χ2n) is 15.1. The molecule has 0 amide bonds. The lowest BCUT2D eigenvalue weighted by Gasteiger charge is -2.15. The van der Waals surface area contributed by atoms with Gasteiger partial charge < -0.3 is 14.2 Å². The molecule has 0 heterocycles. The van der Waals surface area contributed by atoms with Crippen LogP contribution >= 0.6 is 0 Å². The van der Waals surface area contributed by atoms with Crippen LogP contribution in [0.3, 0.4) is 0 Å². The molecule has 0 bridgehead atoms. The number of allylic oxidation sites excluding steroid dienone is 4. The van der Waals surface area contributed by atoms with Crippen molar-refractivity contribution in [3.8, 4) is 0 Å². The lowest BCUT2D eigenvalue weighted by molar-refractivity contribution is 0.119. The Labute approximate surface area is 294 Å². The molecule has 0 aromatic rings. The van der Waals surface area contributed by atoms with Gasteiger partial charge in [0.1, 0.15) is 0 Å². The summed E-state index contributed by atoms with van der Waals surface area (Å²) in [6.45, 7) is 10.6. The average molecular weight is 659 g/mol. The van der Waals surface area contributed by atoms with E-state index >= 15 is 0 Å². The van der Waals surface area contributed by atoms with Crippen LogP contribution < -0.4 is 0 Å². The van der Waals surface area contributed by atoms with E-state index in [0.29, 0.717) is 12.2 Å². The van der Waals surface area contributed by atoms with E-state index in [-0.39, 0.29) is 0 Å². The molecular formula is C44H82O3. The summed E-state index contributed by atoms with van der Waals surface area (Å²) in [5, 5.41) is 0. The molecule has 0 aromatic carbocycles. The van der Waals surface area contributed by atoms with Gasteiger partial charge in [-0.05, 0) is 102 Å². The van der Waals surface area contributed by atoms with Crippen molar-refractivity contribution in [2.24, 2.45) is 11.8 Å². The van der Waals surface area contributed by atoms with Gasteiger partial charge in [-0.1, -0.05) is 129 Å². The third-order valence-electron chi connectivity index (χ3n) is 10.6. The number of ether oxygens (including phenoxy) is 3. The number of unbranched alkanes of at least 4 members (excludes halogenated alkanes) is 20. The summed E-state index contributed by atoms with van der Waals surface area (Å²) >= 11 is 0. The van der Waals surface area contributed by atoms with Crippen molar-refractivity contribution in [3.63, 3.8) is 0 Å². The van der Waals surface area contributed by atoms with Gasteiger partial charge in [0.25, 0.3) is 0 Å². The smallest absolute Gasteiger partial charge is 0.0996 e. The summed E-state index contributed by atoms with van der Waals surface area (Å²) < 4.78 is 18.3. The van der Waals surface area contributed by atoms with Gasteiger partial charge in [0, 0.05) is 26.1 Å². The molecule has 4 unspecified atom stereocenters. The van der Waals surface area contributed by atoms with E-state index < -0.39 is 0 Å². The highest BCUT2D eigenvalue weighted by Crippen LogP contribution is 2.39. The highest BCUT2D eigenvalue weighted by Gasteiger charge is 2.37. The summed E-state index contributed by atoms with van der Waals surface area (Å²) in [5.74, 6) is 4.28. The van der Waals surface area contributed by atoms with Crippen LogP contribution in [0.2, 0.25) is 0 Å². The van der Waals surface area contributed by atoms with E-state index in [0.717, 1.165) is 37.9 Å². The standard InChI is InChI=1S/C44H82O3/c1-5-9-11-13-21-27-33-41(35-29-23-17-15-19-25-31-39-37-43(39)45-7-3)47-42(34-28-22-14-12-10-6-2)36-30-24-18-16-20-26-32-40-38-44(40)46-8-4/h35-36,39-40,43-44H,5-34,37-38H2,1-4H3. The van der Waals surface area contributed by atoms with E-state index in [9.17, 15) is 0 Å². The van der Waals surface area contributed by atoms with Gasteiger partial charge in [-0.15, -0.1) is 0 Å². The summed E-state index contributed by atoms with van der Waals surface area (Å²) in [5.41, 5.74) is 0. The van der Waals surface area contributed by atoms with Gasteiger partial charge in [-0.25, -0.2) is 0 Å². The minimum atomic E-state index is 0.590. The van der Waals surface area contributed by atoms with Gasteiger partial charge in [-0.3, -0.25) is 0 Å². The molecule has 2 saturated carbocycles. The predicted molar refractivity (Wildman–Crippen MR) is 205 cm³/mol. The molecule has 2 aliphatic carbocycles. The summed E-state index contributed by atoms with van der Waals surface area (Å²) in [7, 11) is 0. The Bertz CT molecular complexity index is 695. The highest BCUT2D eigenvalue weighted by atomic mass is 16.5. The third kappa shape index (κ3) is 24.1. The van der Waals surface area contributed by atoms with Crippen molar-refractivity contribution in [2.45, 2.75) is 233 Å². The molecule has 0 radical (unpaired) electrons. The largest absolute Gasteiger partial charge is 0.467 e. The van der Waals surface area contributed by atoms with Crippen LogP contribution in [0, 0.1) is 11.8 Å². The molecule has 0 N–H and O–H groups in total. The molecule has 3 heteroatoms. The second-order valence-corrected chi connectivity index (χ2v) is 15.1. The van der Waals surface area contributed by atoms with E-state index in [1.807, 2.05) is 0 Å². The van der Waals surface area contributed by atoms with E-state index in [1.54, 1.807) is 0 Å². The maximum atomic E-state index is 6.82. The molecule has 4 atom stereocenters. The summed E-state index contributed by atoms with van der Waals surface area (Å²) in [6.07, 6.45) is 45.9. The van der Waals surface area contributed by atoms with Crippen LogP contribution in [0.1, 0.15) is 220 Å². The Morgan fingerprint density at radius 2 is 0.809 bits per heavy atom. The zero-order valence-electron chi connectivity index (χ0n) is 32.3.